The largest absolute Gasteiger partial charge is 0.349 e. The first-order valence-electron chi connectivity index (χ1n) is 4.26. The van der Waals surface area contributed by atoms with Crippen molar-refractivity contribution in [3.63, 3.8) is 0 Å². The number of aryl methyl sites for hydroxylation is 1. The predicted octanol–water partition coefficient (Wildman–Crippen LogP) is 0.925. The molecule has 1 aromatic carbocycles. The number of nitrogens with zero attached hydrogens (tertiary/aromatic N) is 1. The van der Waals surface area contributed by atoms with Crippen molar-refractivity contribution in [2.75, 3.05) is 0 Å². The molecule has 0 fully saturated rings. The topological polar surface area (TPSA) is 70.7 Å². The molecule has 0 aliphatic heterocycles. The van der Waals surface area contributed by atoms with E-state index >= 15 is 0 Å². The van der Waals surface area contributed by atoms with Gasteiger partial charge in [-0.3, -0.25) is 0 Å². The van der Waals surface area contributed by atoms with Gasteiger partial charge in [-0.15, -0.1) is 0 Å². The summed E-state index contributed by atoms with van der Waals surface area (Å²) < 4.78 is 1.73. The minimum Gasteiger partial charge on any atom is -0.247 e. The Labute approximate surface area is 92.9 Å². The van der Waals surface area contributed by atoms with Gasteiger partial charge in [0.25, 0.3) is 0 Å². The van der Waals surface area contributed by atoms with Crippen LogP contribution in [0, 0.1) is 6.92 Å². The maximum absolute atomic E-state index is 11.3. The summed E-state index contributed by atoms with van der Waals surface area (Å²) in [5.74, 6) is 0. The lowest BCUT2D eigenvalue weighted by atomic mass is 10.2. The highest BCUT2D eigenvalue weighted by atomic mass is 79.9. The number of hydrogen-bond acceptors (Lipinski definition) is 2. The van der Waals surface area contributed by atoms with Gasteiger partial charge in [0, 0.05) is 4.47 Å². The number of H-pyrrole nitrogens is 2. The van der Waals surface area contributed by atoms with Crippen molar-refractivity contribution in [1.82, 2.24) is 14.8 Å². The van der Waals surface area contributed by atoms with Gasteiger partial charge < -0.3 is 0 Å². The molecule has 2 N–H and O–H groups in total. The molecule has 1 heterocycles. The van der Waals surface area contributed by atoms with E-state index in [1.807, 2.05) is 19.1 Å². The first-order valence-corrected chi connectivity index (χ1v) is 5.05. The molecule has 0 saturated carbocycles. The van der Waals surface area contributed by atoms with E-state index in [2.05, 4.69) is 26.1 Å². The van der Waals surface area contributed by atoms with Crippen LogP contribution in [0.5, 0.6) is 0 Å². The van der Waals surface area contributed by atoms with Crippen LogP contribution in [0.1, 0.15) is 5.56 Å². The third-order valence-electron chi connectivity index (χ3n) is 2.03. The van der Waals surface area contributed by atoms with Gasteiger partial charge in [-0.25, -0.2) is 24.4 Å². The molecule has 0 aliphatic rings. The number of aromatic nitrogens is 3. The van der Waals surface area contributed by atoms with E-state index in [0.717, 1.165) is 10.1 Å². The molecule has 1 aromatic heterocycles. The summed E-state index contributed by atoms with van der Waals surface area (Å²) in [6.45, 7) is 1.93. The minimum atomic E-state index is -0.482. The minimum absolute atomic E-state index is 0.482. The summed E-state index contributed by atoms with van der Waals surface area (Å²) in [5.41, 5.74) is 0.604. The molecule has 78 valence electrons. The van der Waals surface area contributed by atoms with E-state index in [1.54, 1.807) is 6.07 Å². The van der Waals surface area contributed by atoms with Gasteiger partial charge in [0.2, 0.25) is 0 Å². The van der Waals surface area contributed by atoms with Crippen LogP contribution in [0.25, 0.3) is 5.69 Å². The lowest BCUT2D eigenvalue weighted by Gasteiger charge is -2.03. The molecular weight excluding hydrogens is 262 g/mol. The Balaban J connectivity index is 2.75. The van der Waals surface area contributed by atoms with Crippen LogP contribution in [-0.4, -0.2) is 14.8 Å². The van der Waals surface area contributed by atoms with Crippen LogP contribution in [0.3, 0.4) is 0 Å². The summed E-state index contributed by atoms with van der Waals surface area (Å²) >= 11 is 3.31. The molecular formula is C9H8BrN3O2. The molecule has 5 nitrogen and oxygen atoms in total. The quantitative estimate of drug-likeness (QED) is 0.809. The maximum Gasteiger partial charge on any atom is 0.349 e. The van der Waals surface area contributed by atoms with E-state index in [-0.39, 0.29) is 0 Å². The smallest absolute Gasteiger partial charge is 0.247 e. The van der Waals surface area contributed by atoms with Gasteiger partial charge in [-0.05, 0) is 40.5 Å². The predicted molar refractivity (Wildman–Crippen MR) is 59.4 cm³/mol. The molecule has 0 bridgehead atoms. The number of halogens is 1. The number of benzene rings is 1. The summed E-state index contributed by atoms with van der Waals surface area (Å²) in [6.07, 6.45) is 0. The highest BCUT2D eigenvalue weighted by Gasteiger charge is 2.08. The third-order valence-corrected chi connectivity index (χ3v) is 2.66. The van der Waals surface area contributed by atoms with Crippen molar-refractivity contribution in [1.29, 1.82) is 0 Å². The van der Waals surface area contributed by atoms with Gasteiger partial charge in [0.1, 0.15) is 0 Å². The van der Waals surface area contributed by atoms with E-state index in [4.69, 9.17) is 0 Å². The van der Waals surface area contributed by atoms with Crippen LogP contribution in [0.15, 0.2) is 32.3 Å². The van der Waals surface area contributed by atoms with E-state index in [9.17, 15) is 9.59 Å². The summed E-state index contributed by atoms with van der Waals surface area (Å²) in [4.78, 5) is 22.7. The third kappa shape index (κ3) is 1.68. The zero-order valence-corrected chi connectivity index (χ0v) is 9.46. The lowest BCUT2D eigenvalue weighted by Crippen LogP contribution is -2.24. The van der Waals surface area contributed by atoms with Gasteiger partial charge in [0.05, 0.1) is 5.69 Å². The van der Waals surface area contributed by atoms with Crippen LogP contribution >= 0.6 is 15.9 Å². The van der Waals surface area contributed by atoms with E-state index < -0.39 is 11.4 Å². The number of hydrogen-bond donors (Lipinski definition) is 2. The fourth-order valence-electron chi connectivity index (χ4n) is 1.32. The van der Waals surface area contributed by atoms with E-state index in [1.165, 1.54) is 0 Å². The molecule has 0 radical (unpaired) electrons. The fraction of sp³-hybridized carbons (Fsp3) is 0.111. The Morgan fingerprint density at radius 2 is 1.80 bits per heavy atom. The fourth-order valence-corrected chi connectivity index (χ4v) is 1.99. The Hall–Kier alpha value is -1.56. The molecule has 2 rings (SSSR count). The molecule has 15 heavy (non-hydrogen) atoms. The van der Waals surface area contributed by atoms with Crippen molar-refractivity contribution < 1.29 is 0 Å². The van der Waals surface area contributed by atoms with Crippen molar-refractivity contribution in [3.05, 3.63) is 49.2 Å². The van der Waals surface area contributed by atoms with Crippen LogP contribution in [0.2, 0.25) is 0 Å². The zero-order chi connectivity index (χ0) is 11.0. The Kier molecular flexibility index (Phi) is 2.36. The summed E-state index contributed by atoms with van der Waals surface area (Å²) in [5, 5.41) is 4.45. The second-order valence-electron chi connectivity index (χ2n) is 3.15. The van der Waals surface area contributed by atoms with Crippen molar-refractivity contribution in [3.8, 4) is 5.69 Å². The highest BCUT2D eigenvalue weighted by molar-refractivity contribution is 9.10. The van der Waals surface area contributed by atoms with Crippen molar-refractivity contribution >= 4 is 15.9 Å². The molecule has 0 atom stereocenters. The second-order valence-corrected chi connectivity index (χ2v) is 4.00. The average Bonchev–Trinajstić information content (AvgIpc) is 2.48. The number of rotatable bonds is 1. The lowest BCUT2D eigenvalue weighted by molar-refractivity contribution is 0.945. The summed E-state index contributed by atoms with van der Waals surface area (Å²) in [7, 11) is 0. The monoisotopic (exact) mass is 269 g/mol. The van der Waals surface area contributed by atoms with Gasteiger partial charge >= 0.3 is 11.4 Å². The first-order chi connectivity index (χ1) is 7.09. The highest BCUT2D eigenvalue weighted by Crippen LogP contribution is 2.19. The van der Waals surface area contributed by atoms with Gasteiger partial charge in [0.15, 0.2) is 0 Å². The molecule has 0 unspecified atom stereocenters. The zero-order valence-electron chi connectivity index (χ0n) is 7.87. The molecule has 0 spiro atoms. The second kappa shape index (κ2) is 3.54. The van der Waals surface area contributed by atoms with Crippen molar-refractivity contribution in [2.45, 2.75) is 6.92 Å². The summed E-state index contributed by atoms with van der Waals surface area (Å²) in [6, 6.07) is 5.39. The van der Waals surface area contributed by atoms with Crippen LogP contribution < -0.4 is 11.4 Å². The van der Waals surface area contributed by atoms with Crippen LogP contribution in [0.4, 0.5) is 0 Å². The van der Waals surface area contributed by atoms with Gasteiger partial charge in [-0.1, -0.05) is 6.07 Å². The Bertz CT molecular complexity index is 581. The van der Waals surface area contributed by atoms with E-state index in [0.29, 0.717) is 10.2 Å². The van der Waals surface area contributed by atoms with Crippen molar-refractivity contribution in [2.24, 2.45) is 0 Å². The van der Waals surface area contributed by atoms with Crippen LogP contribution in [-0.2, 0) is 0 Å². The normalized spacial score (nSPS) is 10.5. The molecule has 2 aromatic rings. The Morgan fingerprint density at radius 1 is 1.20 bits per heavy atom. The average molecular weight is 270 g/mol. The maximum atomic E-state index is 11.3. The Morgan fingerprint density at radius 3 is 2.33 bits per heavy atom. The number of nitrogens with one attached hydrogen (secondary N) is 2. The van der Waals surface area contributed by atoms with Gasteiger partial charge in [-0.2, -0.15) is 0 Å². The molecule has 6 heteroatoms. The molecule has 0 aliphatic carbocycles. The first kappa shape index (κ1) is 9.97. The number of aromatic amines is 2. The SMILES string of the molecule is Cc1ccc(-n2c(=O)[nH][nH]c2=O)c(Br)c1. The standard InChI is InChI=1S/C9H8BrN3O2/c1-5-2-3-7(6(10)4-5)13-8(14)11-12-9(13)15/h2-4H,1H3,(H,11,14)(H,12,15). The molecule has 0 saturated heterocycles. The molecule has 0 amide bonds.